The fraction of sp³-hybridized carbons (Fsp3) is 0.333. The number of carbonyl (C=O) groups excluding carboxylic acids is 1. The summed E-state index contributed by atoms with van der Waals surface area (Å²) in [6, 6.07) is 7.22. The lowest BCUT2D eigenvalue weighted by Gasteiger charge is -2.07. The van der Waals surface area contributed by atoms with Crippen LogP contribution in [0.3, 0.4) is 0 Å². The number of esters is 1. The third kappa shape index (κ3) is 2.85. The smallest absolute Gasteiger partial charge is 0.342 e. The normalized spacial score (nSPS) is 10.8. The van der Waals surface area contributed by atoms with Crippen molar-refractivity contribution in [2.45, 2.75) is 26.7 Å². The second-order valence-electron chi connectivity index (χ2n) is 4.74. The molecule has 106 valence electrons. The summed E-state index contributed by atoms with van der Waals surface area (Å²) in [5, 5.41) is 7.86. The Morgan fingerprint density at radius 2 is 2.00 bits per heavy atom. The predicted octanol–water partition coefficient (Wildman–Crippen LogP) is 4.03. The Balaban J connectivity index is 2.53. The lowest BCUT2D eigenvalue weighted by Crippen LogP contribution is -2.09. The SMILES string of the molecule is CCOC(=O)c1c(-c2ccc(Cl)cc2)n[nH]c1C(C)C. The molecule has 0 fully saturated rings. The molecule has 4 nitrogen and oxygen atoms in total. The van der Waals surface area contributed by atoms with Gasteiger partial charge in [-0.3, -0.25) is 5.10 Å². The molecular formula is C15H17ClN2O2. The van der Waals surface area contributed by atoms with Gasteiger partial charge in [0.15, 0.2) is 0 Å². The topological polar surface area (TPSA) is 55.0 Å². The summed E-state index contributed by atoms with van der Waals surface area (Å²) in [5.41, 5.74) is 2.72. The molecule has 0 aliphatic carbocycles. The molecule has 1 aromatic heterocycles. The third-order valence-corrected chi connectivity index (χ3v) is 3.22. The number of hydrogen-bond donors (Lipinski definition) is 1. The number of benzene rings is 1. The average Bonchev–Trinajstić information content (AvgIpc) is 2.84. The highest BCUT2D eigenvalue weighted by Crippen LogP contribution is 2.29. The number of aromatic nitrogens is 2. The Morgan fingerprint density at radius 3 is 2.55 bits per heavy atom. The van der Waals surface area contributed by atoms with E-state index >= 15 is 0 Å². The van der Waals surface area contributed by atoms with Crippen molar-refractivity contribution in [3.63, 3.8) is 0 Å². The Hall–Kier alpha value is -1.81. The molecule has 0 aliphatic rings. The van der Waals surface area contributed by atoms with Gasteiger partial charge in [-0.2, -0.15) is 5.10 Å². The average molecular weight is 293 g/mol. The van der Waals surface area contributed by atoms with Crippen LogP contribution >= 0.6 is 11.6 Å². The Morgan fingerprint density at radius 1 is 1.35 bits per heavy atom. The van der Waals surface area contributed by atoms with Crippen LogP contribution in [0.15, 0.2) is 24.3 Å². The van der Waals surface area contributed by atoms with Gasteiger partial charge in [-0.25, -0.2) is 4.79 Å². The van der Waals surface area contributed by atoms with Gasteiger partial charge >= 0.3 is 5.97 Å². The highest BCUT2D eigenvalue weighted by molar-refractivity contribution is 6.30. The van der Waals surface area contributed by atoms with Crippen LogP contribution in [0.5, 0.6) is 0 Å². The van der Waals surface area contributed by atoms with Crippen molar-refractivity contribution in [2.75, 3.05) is 6.61 Å². The minimum Gasteiger partial charge on any atom is -0.462 e. The predicted molar refractivity (Wildman–Crippen MR) is 79.1 cm³/mol. The van der Waals surface area contributed by atoms with Crippen molar-refractivity contribution in [1.82, 2.24) is 10.2 Å². The summed E-state index contributed by atoms with van der Waals surface area (Å²) in [4.78, 5) is 12.2. The molecule has 1 N–H and O–H groups in total. The fourth-order valence-electron chi connectivity index (χ4n) is 2.00. The zero-order valence-electron chi connectivity index (χ0n) is 11.7. The summed E-state index contributed by atoms with van der Waals surface area (Å²) < 4.78 is 5.14. The first-order valence-electron chi connectivity index (χ1n) is 6.55. The molecule has 1 aromatic carbocycles. The number of rotatable bonds is 4. The van der Waals surface area contributed by atoms with Crippen molar-refractivity contribution in [1.29, 1.82) is 0 Å². The molecule has 0 unspecified atom stereocenters. The van der Waals surface area contributed by atoms with Crippen LogP contribution in [0.25, 0.3) is 11.3 Å². The Bertz CT molecular complexity index is 603. The largest absolute Gasteiger partial charge is 0.462 e. The number of H-pyrrole nitrogens is 1. The maximum Gasteiger partial charge on any atom is 0.342 e. The van der Waals surface area contributed by atoms with E-state index in [-0.39, 0.29) is 11.9 Å². The van der Waals surface area contributed by atoms with E-state index in [0.717, 1.165) is 11.3 Å². The monoisotopic (exact) mass is 292 g/mol. The molecule has 0 atom stereocenters. The van der Waals surface area contributed by atoms with Gasteiger partial charge < -0.3 is 4.74 Å². The quantitative estimate of drug-likeness (QED) is 0.866. The third-order valence-electron chi connectivity index (χ3n) is 2.97. The minimum atomic E-state index is -0.352. The molecule has 0 radical (unpaired) electrons. The van der Waals surface area contributed by atoms with E-state index in [1.807, 2.05) is 26.0 Å². The van der Waals surface area contributed by atoms with Crippen molar-refractivity contribution in [3.05, 3.63) is 40.5 Å². The van der Waals surface area contributed by atoms with E-state index in [1.165, 1.54) is 0 Å². The van der Waals surface area contributed by atoms with E-state index in [2.05, 4.69) is 10.2 Å². The maximum atomic E-state index is 12.2. The van der Waals surface area contributed by atoms with Gasteiger partial charge in [-0.05, 0) is 25.0 Å². The van der Waals surface area contributed by atoms with Gasteiger partial charge in [0.05, 0.1) is 12.3 Å². The van der Waals surface area contributed by atoms with E-state index < -0.39 is 0 Å². The molecule has 0 saturated carbocycles. The zero-order chi connectivity index (χ0) is 14.7. The van der Waals surface area contributed by atoms with E-state index in [4.69, 9.17) is 16.3 Å². The van der Waals surface area contributed by atoms with Crippen LogP contribution < -0.4 is 0 Å². The molecule has 0 bridgehead atoms. The minimum absolute atomic E-state index is 0.156. The van der Waals surface area contributed by atoms with Crippen LogP contribution in [0.1, 0.15) is 42.7 Å². The summed E-state index contributed by atoms with van der Waals surface area (Å²) in [7, 11) is 0. The molecule has 2 rings (SSSR count). The first-order chi connectivity index (χ1) is 9.54. The lowest BCUT2D eigenvalue weighted by molar-refractivity contribution is 0.0525. The van der Waals surface area contributed by atoms with Gasteiger partial charge in [0, 0.05) is 10.6 Å². The standard InChI is InChI=1S/C15H17ClN2O2/c1-4-20-15(19)12-13(9(2)3)17-18-14(12)10-5-7-11(16)8-6-10/h5-9H,4H2,1-3H3,(H,17,18). The van der Waals surface area contributed by atoms with Crippen molar-refractivity contribution >= 4 is 17.6 Å². The molecule has 0 spiro atoms. The van der Waals surface area contributed by atoms with Crippen LogP contribution in [0.4, 0.5) is 0 Å². The van der Waals surface area contributed by atoms with Crippen molar-refractivity contribution in [3.8, 4) is 11.3 Å². The summed E-state index contributed by atoms with van der Waals surface area (Å²) >= 11 is 5.89. The lowest BCUT2D eigenvalue weighted by atomic mass is 10.0. The van der Waals surface area contributed by atoms with Crippen LogP contribution in [0, 0.1) is 0 Å². The molecule has 2 aromatic rings. The molecular weight excluding hydrogens is 276 g/mol. The second kappa shape index (κ2) is 6.09. The van der Waals surface area contributed by atoms with Crippen LogP contribution in [-0.4, -0.2) is 22.8 Å². The molecule has 0 amide bonds. The van der Waals surface area contributed by atoms with E-state index in [1.54, 1.807) is 19.1 Å². The summed E-state index contributed by atoms with van der Waals surface area (Å²) in [5.74, 6) is -0.196. The van der Waals surface area contributed by atoms with Crippen LogP contribution in [0.2, 0.25) is 5.02 Å². The number of ether oxygens (including phenoxy) is 1. The second-order valence-corrected chi connectivity index (χ2v) is 5.18. The number of carbonyl (C=O) groups is 1. The number of aromatic amines is 1. The number of nitrogens with one attached hydrogen (secondary N) is 1. The van der Waals surface area contributed by atoms with Crippen LogP contribution in [-0.2, 0) is 4.74 Å². The number of nitrogens with zero attached hydrogens (tertiary/aromatic N) is 1. The fourth-order valence-corrected chi connectivity index (χ4v) is 2.13. The summed E-state index contributed by atoms with van der Waals surface area (Å²) in [6.45, 7) is 6.13. The molecule has 1 heterocycles. The Labute approximate surface area is 123 Å². The zero-order valence-corrected chi connectivity index (χ0v) is 12.5. The molecule has 0 saturated heterocycles. The molecule has 5 heteroatoms. The van der Waals surface area contributed by atoms with Crippen molar-refractivity contribution in [2.24, 2.45) is 0 Å². The Kier molecular flexibility index (Phi) is 4.45. The molecule has 20 heavy (non-hydrogen) atoms. The highest BCUT2D eigenvalue weighted by atomic mass is 35.5. The van der Waals surface area contributed by atoms with E-state index in [0.29, 0.717) is 22.9 Å². The van der Waals surface area contributed by atoms with Gasteiger partial charge in [0.1, 0.15) is 11.3 Å². The number of hydrogen-bond acceptors (Lipinski definition) is 3. The number of halogens is 1. The summed E-state index contributed by atoms with van der Waals surface area (Å²) in [6.07, 6.45) is 0. The highest BCUT2D eigenvalue weighted by Gasteiger charge is 2.24. The maximum absolute atomic E-state index is 12.2. The van der Waals surface area contributed by atoms with E-state index in [9.17, 15) is 4.79 Å². The van der Waals surface area contributed by atoms with Gasteiger partial charge in [0.2, 0.25) is 0 Å². The van der Waals surface area contributed by atoms with Gasteiger partial charge in [0.25, 0.3) is 0 Å². The molecule has 0 aliphatic heterocycles. The van der Waals surface area contributed by atoms with Gasteiger partial charge in [-0.15, -0.1) is 0 Å². The van der Waals surface area contributed by atoms with Crippen molar-refractivity contribution < 1.29 is 9.53 Å². The first kappa shape index (κ1) is 14.6. The first-order valence-corrected chi connectivity index (χ1v) is 6.93. The van der Waals surface area contributed by atoms with Gasteiger partial charge in [-0.1, -0.05) is 37.6 Å².